The SMILES string of the molecule is CCCCc1ccc(NC(=O)CC2=CNC3C=CC=CC23)cc1. The summed E-state index contributed by atoms with van der Waals surface area (Å²) < 4.78 is 0. The van der Waals surface area contributed by atoms with Gasteiger partial charge in [0.1, 0.15) is 0 Å². The zero-order valence-corrected chi connectivity index (χ0v) is 13.6. The van der Waals surface area contributed by atoms with Crippen molar-refractivity contribution >= 4 is 11.6 Å². The third-order valence-electron chi connectivity index (χ3n) is 4.45. The van der Waals surface area contributed by atoms with E-state index in [1.165, 1.54) is 18.4 Å². The van der Waals surface area contributed by atoms with Crippen LogP contribution in [0.2, 0.25) is 0 Å². The maximum Gasteiger partial charge on any atom is 0.228 e. The molecular formula is C20H24N2O. The number of amides is 1. The van der Waals surface area contributed by atoms with Crippen LogP contribution in [-0.4, -0.2) is 11.9 Å². The molecule has 0 saturated heterocycles. The van der Waals surface area contributed by atoms with Crippen LogP contribution in [0.25, 0.3) is 0 Å². The lowest BCUT2D eigenvalue weighted by atomic mass is 9.89. The number of carbonyl (C=O) groups excluding carboxylic acids is 1. The zero-order valence-electron chi connectivity index (χ0n) is 13.6. The Morgan fingerprint density at radius 3 is 2.74 bits per heavy atom. The van der Waals surface area contributed by atoms with E-state index in [-0.39, 0.29) is 5.91 Å². The molecular weight excluding hydrogens is 284 g/mol. The van der Waals surface area contributed by atoms with E-state index in [0.29, 0.717) is 18.4 Å². The predicted octanol–water partition coefficient (Wildman–Crippen LogP) is 3.96. The second kappa shape index (κ2) is 7.32. The van der Waals surface area contributed by atoms with E-state index in [9.17, 15) is 4.79 Å². The van der Waals surface area contributed by atoms with Crippen molar-refractivity contribution < 1.29 is 4.79 Å². The van der Waals surface area contributed by atoms with Crippen LogP contribution in [0.15, 0.2) is 60.3 Å². The number of allylic oxidation sites excluding steroid dienone is 2. The summed E-state index contributed by atoms with van der Waals surface area (Å²) in [6.07, 6.45) is 14.3. The molecule has 120 valence electrons. The van der Waals surface area contributed by atoms with Crippen LogP contribution in [0.3, 0.4) is 0 Å². The van der Waals surface area contributed by atoms with E-state index >= 15 is 0 Å². The van der Waals surface area contributed by atoms with Crippen LogP contribution in [-0.2, 0) is 11.2 Å². The number of nitrogens with one attached hydrogen (secondary N) is 2. The number of aryl methyl sites for hydroxylation is 1. The summed E-state index contributed by atoms with van der Waals surface area (Å²) in [5.74, 6) is 0.352. The molecule has 1 aliphatic heterocycles. The highest BCUT2D eigenvalue weighted by Crippen LogP contribution is 2.28. The van der Waals surface area contributed by atoms with E-state index in [1.54, 1.807) is 0 Å². The van der Waals surface area contributed by atoms with Crippen LogP contribution in [0.1, 0.15) is 31.7 Å². The minimum absolute atomic E-state index is 0.0444. The summed E-state index contributed by atoms with van der Waals surface area (Å²) in [6, 6.07) is 8.51. The van der Waals surface area contributed by atoms with E-state index in [4.69, 9.17) is 0 Å². The molecule has 2 N–H and O–H groups in total. The first-order chi connectivity index (χ1) is 11.3. The van der Waals surface area contributed by atoms with Crippen molar-refractivity contribution in [1.82, 2.24) is 5.32 Å². The van der Waals surface area contributed by atoms with Gasteiger partial charge >= 0.3 is 0 Å². The van der Waals surface area contributed by atoms with Gasteiger partial charge in [-0.25, -0.2) is 0 Å². The lowest BCUT2D eigenvalue weighted by Gasteiger charge is -2.18. The standard InChI is InChI=1S/C20H24N2O/c1-2-3-6-15-9-11-17(12-10-15)22-20(23)13-16-14-21-19-8-5-4-7-18(16)19/h4-5,7-12,14,18-19,21H,2-3,6,13H2,1H3,(H,22,23). The number of benzene rings is 1. The van der Waals surface area contributed by atoms with Gasteiger partial charge in [-0.05, 0) is 42.3 Å². The van der Waals surface area contributed by atoms with Crippen molar-refractivity contribution in [1.29, 1.82) is 0 Å². The monoisotopic (exact) mass is 308 g/mol. The normalized spacial score (nSPS) is 21.5. The van der Waals surface area contributed by atoms with Gasteiger partial charge in [0.05, 0.1) is 12.5 Å². The number of carbonyl (C=O) groups is 1. The molecule has 1 aliphatic carbocycles. The number of hydrogen-bond donors (Lipinski definition) is 2. The van der Waals surface area contributed by atoms with Crippen molar-refractivity contribution in [2.45, 2.75) is 38.6 Å². The average molecular weight is 308 g/mol. The fourth-order valence-electron chi connectivity index (χ4n) is 3.12. The molecule has 0 bridgehead atoms. The van der Waals surface area contributed by atoms with Crippen molar-refractivity contribution in [2.75, 3.05) is 5.32 Å². The predicted molar refractivity (Wildman–Crippen MR) is 95.1 cm³/mol. The Morgan fingerprint density at radius 2 is 1.96 bits per heavy atom. The van der Waals surface area contributed by atoms with Crippen LogP contribution in [0.5, 0.6) is 0 Å². The molecule has 1 amide bonds. The molecule has 2 atom stereocenters. The number of hydrogen-bond acceptors (Lipinski definition) is 2. The van der Waals surface area contributed by atoms with E-state index in [0.717, 1.165) is 17.7 Å². The molecule has 3 rings (SSSR count). The fourth-order valence-corrected chi connectivity index (χ4v) is 3.12. The summed E-state index contributed by atoms with van der Waals surface area (Å²) >= 11 is 0. The molecule has 2 aliphatic rings. The first-order valence-corrected chi connectivity index (χ1v) is 8.45. The number of unbranched alkanes of at least 4 members (excludes halogenated alkanes) is 1. The van der Waals surface area contributed by atoms with Crippen molar-refractivity contribution in [3.63, 3.8) is 0 Å². The van der Waals surface area contributed by atoms with E-state index in [2.05, 4.69) is 47.9 Å². The number of rotatable bonds is 6. The smallest absolute Gasteiger partial charge is 0.228 e. The first-order valence-electron chi connectivity index (χ1n) is 8.45. The summed E-state index contributed by atoms with van der Waals surface area (Å²) in [5.41, 5.74) is 3.35. The summed E-state index contributed by atoms with van der Waals surface area (Å²) in [6.45, 7) is 2.20. The number of fused-ring (bicyclic) bond motifs is 1. The Morgan fingerprint density at radius 1 is 1.17 bits per heavy atom. The molecule has 2 unspecified atom stereocenters. The Bertz CT molecular complexity index is 640. The highest BCUT2D eigenvalue weighted by Gasteiger charge is 2.27. The first kappa shape index (κ1) is 15.6. The van der Waals surface area contributed by atoms with Gasteiger partial charge in [-0.2, -0.15) is 0 Å². The van der Waals surface area contributed by atoms with Gasteiger partial charge in [-0.3, -0.25) is 4.79 Å². The maximum atomic E-state index is 12.3. The summed E-state index contributed by atoms with van der Waals surface area (Å²) in [4.78, 5) is 12.3. The van der Waals surface area contributed by atoms with E-state index < -0.39 is 0 Å². The molecule has 0 fully saturated rings. The highest BCUT2D eigenvalue weighted by atomic mass is 16.1. The minimum Gasteiger partial charge on any atom is -0.384 e. The molecule has 3 heteroatoms. The van der Waals surface area contributed by atoms with Gasteiger partial charge in [-0.15, -0.1) is 0 Å². The quantitative estimate of drug-likeness (QED) is 0.835. The van der Waals surface area contributed by atoms with Crippen LogP contribution in [0, 0.1) is 5.92 Å². The van der Waals surface area contributed by atoms with Crippen molar-refractivity contribution in [2.24, 2.45) is 5.92 Å². The Labute approximate surface area is 138 Å². The molecule has 3 nitrogen and oxygen atoms in total. The largest absolute Gasteiger partial charge is 0.384 e. The average Bonchev–Trinajstić information content (AvgIpc) is 2.97. The molecule has 0 saturated carbocycles. The number of anilines is 1. The van der Waals surface area contributed by atoms with Crippen molar-refractivity contribution in [3.05, 3.63) is 65.9 Å². The van der Waals surface area contributed by atoms with Gasteiger partial charge in [0.2, 0.25) is 5.91 Å². The lowest BCUT2D eigenvalue weighted by Crippen LogP contribution is -2.25. The zero-order chi connectivity index (χ0) is 16.1. The summed E-state index contributed by atoms with van der Waals surface area (Å²) in [5, 5.41) is 6.32. The molecule has 0 radical (unpaired) electrons. The topological polar surface area (TPSA) is 41.1 Å². The van der Waals surface area contributed by atoms with Crippen molar-refractivity contribution in [3.8, 4) is 0 Å². The van der Waals surface area contributed by atoms with Gasteiger partial charge < -0.3 is 10.6 Å². The molecule has 1 aromatic carbocycles. The second-order valence-electron chi connectivity index (χ2n) is 6.23. The maximum absolute atomic E-state index is 12.3. The van der Waals surface area contributed by atoms with Crippen LogP contribution < -0.4 is 10.6 Å². The highest BCUT2D eigenvalue weighted by molar-refractivity contribution is 5.92. The van der Waals surface area contributed by atoms with Gasteiger partial charge in [-0.1, -0.05) is 49.8 Å². The van der Waals surface area contributed by atoms with Crippen LogP contribution in [0.4, 0.5) is 5.69 Å². The van der Waals surface area contributed by atoms with Gasteiger partial charge in [0, 0.05) is 11.6 Å². The molecule has 0 aromatic heterocycles. The Hall–Kier alpha value is -2.29. The molecule has 23 heavy (non-hydrogen) atoms. The van der Waals surface area contributed by atoms with E-state index in [1.807, 2.05) is 24.4 Å². The third kappa shape index (κ3) is 3.92. The van der Waals surface area contributed by atoms with Gasteiger partial charge in [0.25, 0.3) is 0 Å². The summed E-state index contributed by atoms with van der Waals surface area (Å²) in [7, 11) is 0. The fraction of sp³-hybridized carbons (Fsp3) is 0.350. The van der Waals surface area contributed by atoms with Crippen LogP contribution >= 0.6 is 0 Å². The Kier molecular flexibility index (Phi) is 4.96. The second-order valence-corrected chi connectivity index (χ2v) is 6.23. The molecule has 0 spiro atoms. The molecule has 1 aromatic rings. The van der Waals surface area contributed by atoms with Gasteiger partial charge in [0.15, 0.2) is 0 Å². The third-order valence-corrected chi connectivity index (χ3v) is 4.45. The lowest BCUT2D eigenvalue weighted by molar-refractivity contribution is -0.115. The molecule has 1 heterocycles. The Balaban J connectivity index is 1.53. The minimum atomic E-state index is 0.0444.